The van der Waals surface area contributed by atoms with E-state index in [1.165, 1.54) is 24.3 Å². The molecule has 10 heteroatoms. The van der Waals surface area contributed by atoms with Crippen molar-refractivity contribution in [2.24, 2.45) is 0 Å². The Morgan fingerprint density at radius 2 is 1.81 bits per heavy atom. The quantitative estimate of drug-likeness (QED) is 0.188. The van der Waals surface area contributed by atoms with E-state index in [1.807, 2.05) is 31.2 Å². The minimum absolute atomic E-state index is 0.102. The first kappa shape index (κ1) is 22.7. The fourth-order valence-electron chi connectivity index (χ4n) is 2.62. The fourth-order valence-corrected chi connectivity index (χ4v) is 3.66. The van der Waals surface area contributed by atoms with Crippen molar-refractivity contribution in [3.8, 4) is 11.5 Å². The number of thioether (sulfide) groups is 1. The number of non-ortho nitro benzene ring substituents is 1. The lowest BCUT2D eigenvalue weighted by molar-refractivity contribution is -0.384. The van der Waals surface area contributed by atoms with Crippen LogP contribution in [0.25, 0.3) is 6.08 Å². The van der Waals surface area contributed by atoms with Crippen LogP contribution >= 0.6 is 24.0 Å². The highest BCUT2D eigenvalue weighted by Gasteiger charge is 2.23. The van der Waals surface area contributed by atoms with Gasteiger partial charge in [0.15, 0.2) is 0 Å². The van der Waals surface area contributed by atoms with Crippen molar-refractivity contribution in [1.82, 2.24) is 5.32 Å². The van der Waals surface area contributed by atoms with Gasteiger partial charge in [-0.2, -0.15) is 0 Å². The van der Waals surface area contributed by atoms with Gasteiger partial charge in [0.25, 0.3) is 11.6 Å². The van der Waals surface area contributed by atoms with Crippen LogP contribution in [0.4, 0.5) is 5.69 Å². The molecule has 0 unspecified atom stereocenters. The highest BCUT2D eigenvalue weighted by Crippen LogP contribution is 2.31. The van der Waals surface area contributed by atoms with Crippen LogP contribution in [-0.4, -0.2) is 41.6 Å². The van der Waals surface area contributed by atoms with Gasteiger partial charge < -0.3 is 19.5 Å². The van der Waals surface area contributed by atoms with E-state index < -0.39 is 4.92 Å². The third kappa shape index (κ3) is 6.78. The molecule has 1 aliphatic rings. The lowest BCUT2D eigenvalue weighted by Crippen LogP contribution is -2.17. The summed E-state index contributed by atoms with van der Waals surface area (Å²) < 4.78 is 17.1. The Hall–Kier alpha value is -2.95. The molecule has 1 N–H and O–H groups in total. The normalized spacial score (nSPS) is 14.5. The molecule has 2 aromatic carbocycles. The average molecular weight is 461 g/mol. The van der Waals surface area contributed by atoms with E-state index in [1.54, 1.807) is 0 Å². The monoisotopic (exact) mass is 460 g/mol. The van der Waals surface area contributed by atoms with Crippen LogP contribution < -0.4 is 14.8 Å². The molecule has 2 aromatic rings. The number of ether oxygens (including phenoxy) is 3. The first-order valence-corrected chi connectivity index (χ1v) is 10.6. The van der Waals surface area contributed by atoms with Crippen LogP contribution in [0, 0.1) is 17.0 Å². The lowest BCUT2D eigenvalue weighted by atomic mass is 10.1. The number of hydrogen-bond acceptors (Lipinski definition) is 8. The molecule has 0 aliphatic carbocycles. The molecular weight excluding hydrogens is 440 g/mol. The average Bonchev–Trinajstić information content (AvgIpc) is 3.06. The van der Waals surface area contributed by atoms with Crippen molar-refractivity contribution in [3.63, 3.8) is 0 Å². The van der Waals surface area contributed by atoms with Gasteiger partial charge in [-0.05, 0) is 31.2 Å². The van der Waals surface area contributed by atoms with Crippen molar-refractivity contribution >= 4 is 46.0 Å². The van der Waals surface area contributed by atoms with Crippen molar-refractivity contribution < 1.29 is 23.9 Å². The van der Waals surface area contributed by atoms with E-state index in [0.717, 1.165) is 23.1 Å². The largest absolute Gasteiger partial charge is 0.491 e. The van der Waals surface area contributed by atoms with Gasteiger partial charge in [-0.1, -0.05) is 41.7 Å². The van der Waals surface area contributed by atoms with E-state index in [9.17, 15) is 14.9 Å². The Balaban J connectivity index is 1.51. The van der Waals surface area contributed by atoms with Crippen LogP contribution in [0.5, 0.6) is 11.5 Å². The third-order valence-corrected chi connectivity index (χ3v) is 5.30. The van der Waals surface area contributed by atoms with Crippen LogP contribution in [-0.2, 0) is 9.53 Å². The summed E-state index contributed by atoms with van der Waals surface area (Å²) in [7, 11) is 0. The van der Waals surface area contributed by atoms with Gasteiger partial charge in [-0.15, -0.1) is 0 Å². The van der Waals surface area contributed by atoms with Crippen molar-refractivity contribution in [2.45, 2.75) is 6.92 Å². The predicted molar refractivity (Wildman–Crippen MR) is 122 cm³/mol. The molecule has 0 radical (unpaired) electrons. The van der Waals surface area contributed by atoms with Crippen molar-refractivity contribution in [1.29, 1.82) is 0 Å². The summed E-state index contributed by atoms with van der Waals surface area (Å²) in [5.74, 6) is 0.843. The second-order valence-electron chi connectivity index (χ2n) is 6.45. The number of nitro benzene ring substituents is 1. The third-order valence-electron chi connectivity index (χ3n) is 4.14. The number of thiocarbonyl (C=S) groups is 1. The minimum atomic E-state index is -0.505. The Bertz CT molecular complexity index is 1010. The fraction of sp³-hybridized carbons (Fsp3) is 0.238. The zero-order chi connectivity index (χ0) is 22.2. The second-order valence-corrected chi connectivity index (χ2v) is 8.17. The summed E-state index contributed by atoms with van der Waals surface area (Å²) in [5, 5.41) is 13.6. The first-order valence-electron chi connectivity index (χ1n) is 9.35. The van der Waals surface area contributed by atoms with Crippen LogP contribution in [0.1, 0.15) is 11.1 Å². The highest BCUT2D eigenvalue weighted by molar-refractivity contribution is 8.26. The van der Waals surface area contributed by atoms with Crippen molar-refractivity contribution in [3.05, 3.63) is 68.6 Å². The molecule has 0 spiro atoms. The molecule has 0 atom stereocenters. The van der Waals surface area contributed by atoms with E-state index in [4.69, 9.17) is 26.4 Å². The van der Waals surface area contributed by atoms with E-state index in [-0.39, 0.29) is 18.2 Å². The number of nitrogens with zero attached hydrogens (tertiary/aromatic N) is 1. The predicted octanol–water partition coefficient (Wildman–Crippen LogP) is 3.87. The smallest absolute Gasteiger partial charge is 0.270 e. The number of carbonyl (C=O) groups is 1. The number of rotatable bonds is 10. The molecule has 0 bridgehead atoms. The molecule has 3 rings (SSSR count). The summed E-state index contributed by atoms with van der Waals surface area (Å²) >= 11 is 6.07. The molecule has 1 heterocycles. The van der Waals surface area contributed by atoms with Gasteiger partial charge in [0.2, 0.25) is 0 Å². The van der Waals surface area contributed by atoms with Gasteiger partial charge in [0.1, 0.15) is 29.0 Å². The zero-order valence-corrected chi connectivity index (χ0v) is 18.3. The molecular formula is C21H20N2O6S2. The number of amides is 1. The van der Waals surface area contributed by atoms with Crippen LogP contribution in [0.15, 0.2) is 47.4 Å². The molecule has 1 fully saturated rings. The molecule has 31 heavy (non-hydrogen) atoms. The Kier molecular flexibility index (Phi) is 7.99. The maximum atomic E-state index is 11.9. The highest BCUT2D eigenvalue weighted by atomic mass is 32.2. The van der Waals surface area contributed by atoms with Crippen LogP contribution in [0.2, 0.25) is 0 Å². The molecule has 1 aliphatic heterocycles. The summed E-state index contributed by atoms with van der Waals surface area (Å²) in [6.07, 6.45) is 1.53. The number of nitrogens with one attached hydrogen (secondary N) is 1. The summed E-state index contributed by atoms with van der Waals surface area (Å²) in [6.45, 7) is 3.35. The number of hydrogen-bond donors (Lipinski definition) is 1. The molecule has 162 valence electrons. The Morgan fingerprint density at radius 3 is 2.45 bits per heavy atom. The maximum absolute atomic E-state index is 11.9. The zero-order valence-electron chi connectivity index (χ0n) is 16.7. The maximum Gasteiger partial charge on any atom is 0.270 e. The standard InChI is InChI=1S/C21H20N2O6S2/c1-14-2-5-17(6-3-14)28-10-8-27-9-11-29-18-7-4-16(23(25)26)12-15(18)13-19-20(24)22-21(30)31-19/h2-7,12-13H,8-11H2,1H3,(H,22,24,30). The number of aryl methyl sites for hydroxylation is 1. The van der Waals surface area contributed by atoms with E-state index in [0.29, 0.717) is 40.4 Å². The molecule has 8 nitrogen and oxygen atoms in total. The van der Waals surface area contributed by atoms with Gasteiger partial charge >= 0.3 is 0 Å². The number of benzene rings is 2. The van der Waals surface area contributed by atoms with Crippen LogP contribution in [0.3, 0.4) is 0 Å². The van der Waals surface area contributed by atoms with Crippen molar-refractivity contribution in [2.75, 3.05) is 26.4 Å². The van der Waals surface area contributed by atoms with Gasteiger partial charge in [-0.25, -0.2) is 0 Å². The summed E-state index contributed by atoms with van der Waals surface area (Å²) in [4.78, 5) is 22.9. The minimum Gasteiger partial charge on any atom is -0.491 e. The van der Waals surface area contributed by atoms with E-state index >= 15 is 0 Å². The van der Waals surface area contributed by atoms with E-state index in [2.05, 4.69) is 5.32 Å². The lowest BCUT2D eigenvalue weighted by Gasteiger charge is -2.11. The SMILES string of the molecule is Cc1ccc(OCCOCCOc2ccc([N+](=O)[O-])cc2C=C2SC(=S)NC2=O)cc1. The van der Waals surface area contributed by atoms with Gasteiger partial charge in [0.05, 0.1) is 23.0 Å². The molecule has 0 aromatic heterocycles. The van der Waals surface area contributed by atoms with Gasteiger partial charge in [0, 0.05) is 17.7 Å². The first-order chi connectivity index (χ1) is 14.9. The summed E-state index contributed by atoms with van der Waals surface area (Å²) in [6, 6.07) is 12.0. The Morgan fingerprint density at radius 1 is 1.10 bits per heavy atom. The van der Waals surface area contributed by atoms with Gasteiger partial charge in [-0.3, -0.25) is 14.9 Å². The Labute approximate surface area is 188 Å². The number of carbonyl (C=O) groups excluding carboxylic acids is 1. The molecule has 0 saturated carbocycles. The number of nitro groups is 1. The summed E-state index contributed by atoms with van der Waals surface area (Å²) in [5.41, 5.74) is 1.48. The second kappa shape index (κ2) is 10.9. The molecule has 1 amide bonds. The topological polar surface area (TPSA) is 99.9 Å². The molecule has 1 saturated heterocycles.